The van der Waals surface area contributed by atoms with Gasteiger partial charge in [-0.15, -0.1) is 0 Å². The number of halogens is 1. The number of amides is 1. The molecule has 35 heavy (non-hydrogen) atoms. The van der Waals surface area contributed by atoms with Crippen molar-refractivity contribution in [3.05, 3.63) is 112 Å². The molecule has 6 nitrogen and oxygen atoms in total. The Kier molecular flexibility index (Phi) is 6.31. The molecule has 0 spiro atoms. The molecule has 1 saturated heterocycles. The molecule has 2 heterocycles. The van der Waals surface area contributed by atoms with Crippen molar-refractivity contribution in [2.24, 2.45) is 0 Å². The lowest BCUT2D eigenvalue weighted by Gasteiger charge is -2.21. The number of nitro groups is 1. The van der Waals surface area contributed by atoms with Crippen LogP contribution in [0.15, 0.2) is 79.0 Å². The first-order valence-electron chi connectivity index (χ1n) is 11.8. The van der Waals surface area contributed by atoms with Crippen LogP contribution < -0.4 is 0 Å². The summed E-state index contributed by atoms with van der Waals surface area (Å²) in [4.78, 5) is 26.3. The third kappa shape index (κ3) is 4.80. The molecule has 0 N–H and O–H groups in total. The van der Waals surface area contributed by atoms with Crippen molar-refractivity contribution in [2.45, 2.75) is 31.7 Å². The maximum absolute atomic E-state index is 13.7. The smallest absolute Gasteiger partial charge is 0.270 e. The number of likely N-dealkylation sites (tertiary alicyclic amines) is 1. The van der Waals surface area contributed by atoms with Gasteiger partial charge in [0.25, 0.3) is 5.69 Å². The van der Waals surface area contributed by atoms with E-state index >= 15 is 0 Å². The van der Waals surface area contributed by atoms with Crippen LogP contribution in [-0.4, -0.2) is 33.4 Å². The zero-order chi connectivity index (χ0) is 24.4. The lowest BCUT2D eigenvalue weighted by atomic mass is 9.87. The summed E-state index contributed by atoms with van der Waals surface area (Å²) in [6.07, 6.45) is 4.20. The molecule has 1 aliphatic heterocycles. The van der Waals surface area contributed by atoms with Crippen molar-refractivity contribution < 1.29 is 14.1 Å². The predicted octanol–water partition coefficient (Wildman–Crippen LogP) is 5.88. The molecule has 0 radical (unpaired) electrons. The van der Waals surface area contributed by atoms with Gasteiger partial charge in [0.1, 0.15) is 5.82 Å². The summed E-state index contributed by atoms with van der Waals surface area (Å²) < 4.78 is 15.8. The van der Waals surface area contributed by atoms with Crippen LogP contribution in [0.1, 0.15) is 41.9 Å². The van der Waals surface area contributed by atoms with Crippen LogP contribution >= 0.6 is 0 Å². The van der Waals surface area contributed by atoms with E-state index in [1.165, 1.54) is 18.2 Å². The largest absolute Gasteiger partial charge is 0.343 e. The molecular weight excluding hydrogens is 445 g/mol. The first-order valence-corrected chi connectivity index (χ1v) is 11.8. The Morgan fingerprint density at radius 1 is 1.00 bits per heavy atom. The number of non-ortho nitro benzene ring substituents is 1. The molecular formula is C28H26FN3O3. The van der Waals surface area contributed by atoms with Gasteiger partial charge in [-0.3, -0.25) is 14.9 Å². The maximum atomic E-state index is 13.7. The SMILES string of the molecule is O=C(C[C@H](c1ccc(F)cc1)c1cn(Cc2ccccc2)c2ccc([N+](=O)[O-])cc12)N1CCCC1. The summed E-state index contributed by atoms with van der Waals surface area (Å²) in [5.74, 6) is -0.656. The van der Waals surface area contributed by atoms with E-state index in [0.717, 1.165) is 53.5 Å². The topological polar surface area (TPSA) is 68.4 Å². The fourth-order valence-corrected chi connectivity index (χ4v) is 4.99. The van der Waals surface area contributed by atoms with E-state index in [2.05, 4.69) is 4.57 Å². The van der Waals surface area contributed by atoms with Crippen molar-refractivity contribution in [1.82, 2.24) is 9.47 Å². The van der Waals surface area contributed by atoms with Crippen LogP contribution in [0.5, 0.6) is 0 Å². The molecule has 1 atom stereocenters. The molecule has 1 amide bonds. The zero-order valence-electron chi connectivity index (χ0n) is 19.3. The Hall–Kier alpha value is -4.00. The van der Waals surface area contributed by atoms with Gasteiger partial charge >= 0.3 is 0 Å². The first-order chi connectivity index (χ1) is 17.0. The van der Waals surface area contributed by atoms with Crippen molar-refractivity contribution in [3.63, 3.8) is 0 Å². The maximum Gasteiger partial charge on any atom is 0.270 e. The average Bonchev–Trinajstić information content (AvgIpc) is 3.52. The van der Waals surface area contributed by atoms with Gasteiger partial charge in [-0.2, -0.15) is 0 Å². The molecule has 1 fully saturated rings. The molecule has 0 bridgehead atoms. The Morgan fingerprint density at radius 2 is 1.71 bits per heavy atom. The monoisotopic (exact) mass is 471 g/mol. The number of hydrogen-bond acceptors (Lipinski definition) is 3. The summed E-state index contributed by atoms with van der Waals surface area (Å²) in [7, 11) is 0. The minimum atomic E-state index is -0.403. The minimum Gasteiger partial charge on any atom is -0.343 e. The molecule has 1 aliphatic rings. The van der Waals surface area contributed by atoms with Gasteiger partial charge in [-0.1, -0.05) is 42.5 Å². The molecule has 4 aromatic rings. The van der Waals surface area contributed by atoms with Crippen LogP contribution in [0.2, 0.25) is 0 Å². The Bertz CT molecular complexity index is 1360. The van der Waals surface area contributed by atoms with Gasteiger partial charge in [-0.25, -0.2) is 4.39 Å². The second kappa shape index (κ2) is 9.70. The van der Waals surface area contributed by atoms with Crippen molar-refractivity contribution in [1.29, 1.82) is 0 Å². The van der Waals surface area contributed by atoms with E-state index in [9.17, 15) is 19.3 Å². The highest BCUT2D eigenvalue weighted by molar-refractivity contribution is 5.88. The Balaban J connectivity index is 1.64. The summed E-state index contributed by atoms with van der Waals surface area (Å²) in [6.45, 7) is 2.08. The highest BCUT2D eigenvalue weighted by Gasteiger charge is 2.27. The molecule has 3 aromatic carbocycles. The number of rotatable bonds is 7. The molecule has 0 aliphatic carbocycles. The van der Waals surface area contributed by atoms with E-state index in [1.807, 2.05) is 41.4 Å². The number of fused-ring (bicyclic) bond motifs is 1. The van der Waals surface area contributed by atoms with Crippen LogP contribution in [0.3, 0.4) is 0 Å². The number of nitro benzene ring substituents is 1. The number of hydrogen-bond donors (Lipinski definition) is 0. The number of benzene rings is 3. The average molecular weight is 472 g/mol. The van der Waals surface area contributed by atoms with Crippen molar-refractivity contribution in [3.8, 4) is 0 Å². The second-order valence-corrected chi connectivity index (χ2v) is 9.05. The summed E-state index contributed by atoms with van der Waals surface area (Å²) in [5.41, 5.74) is 3.60. The summed E-state index contributed by atoms with van der Waals surface area (Å²) >= 11 is 0. The quantitative estimate of drug-likeness (QED) is 0.250. The van der Waals surface area contributed by atoms with E-state index in [0.29, 0.717) is 6.54 Å². The predicted molar refractivity (Wildman–Crippen MR) is 133 cm³/mol. The lowest BCUT2D eigenvalue weighted by molar-refractivity contribution is -0.384. The second-order valence-electron chi connectivity index (χ2n) is 9.05. The van der Waals surface area contributed by atoms with Gasteiger partial charge in [0.2, 0.25) is 5.91 Å². The zero-order valence-corrected chi connectivity index (χ0v) is 19.3. The van der Waals surface area contributed by atoms with E-state index in [4.69, 9.17) is 0 Å². The van der Waals surface area contributed by atoms with E-state index in [1.54, 1.807) is 24.3 Å². The Morgan fingerprint density at radius 3 is 2.40 bits per heavy atom. The van der Waals surface area contributed by atoms with Gasteiger partial charge in [0.05, 0.1) is 4.92 Å². The molecule has 1 aromatic heterocycles. The van der Waals surface area contributed by atoms with Gasteiger partial charge in [0, 0.05) is 61.2 Å². The number of aromatic nitrogens is 1. The summed E-state index contributed by atoms with van der Waals surface area (Å²) in [5, 5.41) is 12.3. The normalized spacial score (nSPS) is 14.4. The molecule has 0 saturated carbocycles. The number of carbonyl (C=O) groups is 1. The standard InChI is InChI=1S/C28H26FN3O3/c29-22-10-8-21(9-11-22)24(17-28(33)30-14-4-5-15-30)26-19-31(18-20-6-2-1-3-7-20)27-13-12-23(32(34)35)16-25(26)27/h1-3,6-13,16,19,24H,4-5,14-15,17-18H2/t24-/m1/s1. The number of nitrogens with zero attached hydrogens (tertiary/aromatic N) is 3. The fraction of sp³-hybridized carbons (Fsp3) is 0.250. The highest BCUT2D eigenvalue weighted by Crippen LogP contribution is 2.37. The van der Waals surface area contributed by atoms with Crippen LogP contribution in [0.4, 0.5) is 10.1 Å². The van der Waals surface area contributed by atoms with Crippen LogP contribution in [0.25, 0.3) is 10.9 Å². The van der Waals surface area contributed by atoms with E-state index in [-0.39, 0.29) is 29.8 Å². The van der Waals surface area contributed by atoms with Crippen molar-refractivity contribution in [2.75, 3.05) is 13.1 Å². The Labute approximate surface area is 202 Å². The van der Waals surface area contributed by atoms with Crippen LogP contribution in [-0.2, 0) is 11.3 Å². The minimum absolute atomic E-state index is 0.0000586. The fourth-order valence-electron chi connectivity index (χ4n) is 4.99. The van der Waals surface area contributed by atoms with Crippen molar-refractivity contribution >= 4 is 22.5 Å². The molecule has 178 valence electrons. The first kappa shape index (κ1) is 22.8. The van der Waals surface area contributed by atoms with Gasteiger partial charge in [-0.05, 0) is 47.7 Å². The summed E-state index contributed by atoms with van der Waals surface area (Å²) in [6, 6.07) is 21.0. The van der Waals surface area contributed by atoms with Gasteiger partial charge < -0.3 is 9.47 Å². The lowest BCUT2D eigenvalue weighted by Crippen LogP contribution is -2.29. The third-order valence-corrected chi connectivity index (χ3v) is 6.79. The van der Waals surface area contributed by atoms with E-state index < -0.39 is 4.92 Å². The molecule has 5 rings (SSSR count). The molecule has 7 heteroatoms. The highest BCUT2D eigenvalue weighted by atomic mass is 19.1. The van der Waals surface area contributed by atoms with Crippen LogP contribution in [0, 0.1) is 15.9 Å². The van der Waals surface area contributed by atoms with Gasteiger partial charge in [0.15, 0.2) is 0 Å². The molecule has 0 unspecified atom stereocenters. The third-order valence-electron chi connectivity index (χ3n) is 6.79. The number of carbonyl (C=O) groups excluding carboxylic acids is 1.